The molecule has 3 heterocycles. The summed E-state index contributed by atoms with van der Waals surface area (Å²) in [5.41, 5.74) is 2.26. The van der Waals surface area contributed by atoms with Crippen LogP contribution in [0.15, 0.2) is 48.5 Å². The summed E-state index contributed by atoms with van der Waals surface area (Å²) < 4.78 is 19.5. The van der Waals surface area contributed by atoms with Crippen molar-refractivity contribution in [2.75, 3.05) is 24.5 Å². The number of piperidine rings is 1. The molecule has 1 amide bonds. The van der Waals surface area contributed by atoms with Crippen LogP contribution in [0.25, 0.3) is 0 Å². The van der Waals surface area contributed by atoms with E-state index in [-0.39, 0.29) is 11.7 Å². The van der Waals surface area contributed by atoms with E-state index in [1.165, 1.54) is 18.6 Å². The van der Waals surface area contributed by atoms with Crippen LogP contribution in [0.5, 0.6) is 11.6 Å². The number of amides is 1. The summed E-state index contributed by atoms with van der Waals surface area (Å²) in [6.07, 6.45) is 4.04. The SMILES string of the molecule is O=C(c1ccc(Cl)cc1)N1CCc2nc(N3CCCCC3)nc(Oc3ccc(F)cc3)c2C1. The highest BCUT2D eigenvalue weighted by Crippen LogP contribution is 2.32. The van der Waals surface area contributed by atoms with E-state index in [9.17, 15) is 9.18 Å². The van der Waals surface area contributed by atoms with Crippen LogP contribution >= 0.6 is 11.6 Å². The second-order valence-corrected chi connectivity index (χ2v) is 8.78. The fraction of sp³-hybridized carbons (Fsp3) is 0.320. The summed E-state index contributed by atoms with van der Waals surface area (Å²) in [6.45, 7) is 2.72. The largest absolute Gasteiger partial charge is 0.438 e. The summed E-state index contributed by atoms with van der Waals surface area (Å²) >= 11 is 5.97. The molecule has 3 aromatic rings. The average molecular weight is 467 g/mol. The zero-order valence-electron chi connectivity index (χ0n) is 18.1. The highest BCUT2D eigenvalue weighted by Gasteiger charge is 2.28. The summed E-state index contributed by atoms with van der Waals surface area (Å²) in [5.74, 6) is 1.15. The molecule has 6 nitrogen and oxygen atoms in total. The Morgan fingerprint density at radius 2 is 1.67 bits per heavy atom. The van der Waals surface area contributed by atoms with Gasteiger partial charge in [-0.25, -0.2) is 9.37 Å². The number of fused-ring (bicyclic) bond motifs is 1. The van der Waals surface area contributed by atoms with E-state index in [2.05, 4.69) is 4.90 Å². The molecule has 2 aromatic carbocycles. The molecule has 0 aliphatic carbocycles. The summed E-state index contributed by atoms with van der Waals surface area (Å²) in [7, 11) is 0. The molecule has 2 aliphatic heterocycles. The maximum Gasteiger partial charge on any atom is 0.254 e. The molecule has 0 atom stereocenters. The number of benzene rings is 2. The molecule has 1 saturated heterocycles. The molecule has 2 aliphatic rings. The summed E-state index contributed by atoms with van der Waals surface area (Å²) in [4.78, 5) is 26.7. The Hall–Kier alpha value is -3.19. The van der Waals surface area contributed by atoms with Crippen molar-refractivity contribution in [1.29, 1.82) is 0 Å². The number of carbonyl (C=O) groups is 1. The van der Waals surface area contributed by atoms with E-state index in [1.807, 2.05) is 0 Å². The van der Waals surface area contributed by atoms with Gasteiger partial charge in [-0.05, 0) is 67.8 Å². The van der Waals surface area contributed by atoms with Gasteiger partial charge in [0.1, 0.15) is 11.6 Å². The second-order valence-electron chi connectivity index (χ2n) is 8.34. The maximum atomic E-state index is 13.4. The lowest BCUT2D eigenvalue weighted by Crippen LogP contribution is -2.37. The van der Waals surface area contributed by atoms with Crippen LogP contribution in [-0.2, 0) is 13.0 Å². The third kappa shape index (κ3) is 4.78. The molecular formula is C25H24ClFN4O2. The molecule has 1 aromatic heterocycles. The first-order valence-corrected chi connectivity index (χ1v) is 11.6. The van der Waals surface area contributed by atoms with Crippen LogP contribution < -0.4 is 9.64 Å². The van der Waals surface area contributed by atoms with E-state index < -0.39 is 0 Å². The molecule has 1 fully saturated rings. The van der Waals surface area contributed by atoms with Gasteiger partial charge < -0.3 is 14.5 Å². The van der Waals surface area contributed by atoms with Crippen LogP contribution in [0, 0.1) is 5.82 Å². The van der Waals surface area contributed by atoms with Crippen molar-refractivity contribution in [1.82, 2.24) is 14.9 Å². The molecule has 0 unspecified atom stereocenters. The van der Waals surface area contributed by atoms with Crippen LogP contribution in [-0.4, -0.2) is 40.4 Å². The first kappa shape index (κ1) is 21.6. The third-order valence-corrected chi connectivity index (χ3v) is 6.31. The van der Waals surface area contributed by atoms with Gasteiger partial charge in [0.15, 0.2) is 0 Å². The number of ether oxygens (including phenoxy) is 1. The minimum Gasteiger partial charge on any atom is -0.438 e. The van der Waals surface area contributed by atoms with Crippen molar-refractivity contribution in [3.05, 3.63) is 76.2 Å². The van der Waals surface area contributed by atoms with E-state index in [4.69, 9.17) is 26.3 Å². The van der Waals surface area contributed by atoms with Gasteiger partial charge in [0.2, 0.25) is 11.8 Å². The quantitative estimate of drug-likeness (QED) is 0.525. The smallest absolute Gasteiger partial charge is 0.254 e. The van der Waals surface area contributed by atoms with Gasteiger partial charge in [-0.3, -0.25) is 4.79 Å². The Morgan fingerprint density at radius 1 is 0.939 bits per heavy atom. The number of anilines is 1. The van der Waals surface area contributed by atoms with Gasteiger partial charge in [0, 0.05) is 36.6 Å². The van der Waals surface area contributed by atoms with Gasteiger partial charge in [0.05, 0.1) is 17.8 Å². The molecule has 33 heavy (non-hydrogen) atoms. The van der Waals surface area contributed by atoms with Crippen molar-refractivity contribution < 1.29 is 13.9 Å². The lowest BCUT2D eigenvalue weighted by Gasteiger charge is -2.32. The number of hydrogen-bond donors (Lipinski definition) is 0. The molecule has 0 N–H and O–H groups in total. The van der Waals surface area contributed by atoms with Crippen LogP contribution in [0.4, 0.5) is 10.3 Å². The van der Waals surface area contributed by atoms with Crippen molar-refractivity contribution in [3.8, 4) is 11.6 Å². The molecule has 0 bridgehead atoms. The number of hydrogen-bond acceptors (Lipinski definition) is 5. The van der Waals surface area contributed by atoms with Crippen LogP contribution in [0.3, 0.4) is 0 Å². The van der Waals surface area contributed by atoms with Gasteiger partial charge in [0.25, 0.3) is 5.91 Å². The normalized spacial score (nSPS) is 15.8. The molecule has 0 saturated carbocycles. The Labute approximate surface area is 197 Å². The van der Waals surface area contributed by atoms with Crippen LogP contribution in [0.2, 0.25) is 5.02 Å². The van der Waals surface area contributed by atoms with E-state index >= 15 is 0 Å². The first-order valence-electron chi connectivity index (χ1n) is 11.2. The third-order valence-electron chi connectivity index (χ3n) is 6.06. The number of nitrogens with zero attached hydrogens (tertiary/aromatic N) is 4. The minimum atomic E-state index is -0.333. The Morgan fingerprint density at radius 3 is 2.39 bits per heavy atom. The highest BCUT2D eigenvalue weighted by molar-refractivity contribution is 6.30. The zero-order valence-corrected chi connectivity index (χ0v) is 18.9. The number of rotatable bonds is 4. The summed E-state index contributed by atoms with van der Waals surface area (Å²) in [5, 5.41) is 0.587. The second kappa shape index (κ2) is 9.35. The maximum absolute atomic E-state index is 13.4. The Balaban J connectivity index is 1.47. The van der Waals surface area contributed by atoms with Gasteiger partial charge >= 0.3 is 0 Å². The van der Waals surface area contributed by atoms with E-state index in [0.717, 1.165) is 37.2 Å². The fourth-order valence-corrected chi connectivity index (χ4v) is 4.38. The summed E-state index contributed by atoms with van der Waals surface area (Å²) in [6, 6.07) is 12.7. The molecule has 8 heteroatoms. The fourth-order valence-electron chi connectivity index (χ4n) is 4.25. The number of halogens is 2. The molecular weight excluding hydrogens is 443 g/mol. The minimum absolute atomic E-state index is 0.0786. The van der Waals surface area contributed by atoms with Crippen molar-refractivity contribution >= 4 is 23.5 Å². The lowest BCUT2D eigenvalue weighted by molar-refractivity contribution is 0.0732. The Bertz CT molecular complexity index is 1150. The predicted octanol–water partition coefficient (Wildman–Crippen LogP) is 5.25. The molecule has 5 rings (SSSR count). The highest BCUT2D eigenvalue weighted by atomic mass is 35.5. The zero-order chi connectivity index (χ0) is 22.8. The van der Waals surface area contributed by atoms with Crippen molar-refractivity contribution in [2.24, 2.45) is 0 Å². The topological polar surface area (TPSA) is 58.6 Å². The van der Waals surface area contributed by atoms with E-state index in [0.29, 0.717) is 47.7 Å². The predicted molar refractivity (Wildman–Crippen MR) is 124 cm³/mol. The van der Waals surface area contributed by atoms with Gasteiger partial charge in [-0.2, -0.15) is 4.98 Å². The monoisotopic (exact) mass is 466 g/mol. The first-order chi connectivity index (χ1) is 16.1. The van der Waals surface area contributed by atoms with Crippen molar-refractivity contribution in [3.63, 3.8) is 0 Å². The molecule has 0 spiro atoms. The van der Waals surface area contributed by atoms with Crippen molar-refractivity contribution in [2.45, 2.75) is 32.2 Å². The Kier molecular flexibility index (Phi) is 6.13. The van der Waals surface area contributed by atoms with E-state index in [1.54, 1.807) is 41.3 Å². The van der Waals surface area contributed by atoms with Gasteiger partial charge in [-0.1, -0.05) is 11.6 Å². The number of carbonyl (C=O) groups excluding carboxylic acids is 1. The standard InChI is InChI=1S/C25H24ClFN4O2/c26-18-6-4-17(5-7-18)24(32)31-15-12-22-21(16-31)23(33-20-10-8-19(27)9-11-20)29-25(28-22)30-13-2-1-3-14-30/h4-11H,1-3,12-16H2. The molecule has 0 radical (unpaired) electrons. The lowest BCUT2D eigenvalue weighted by atomic mass is 10.0. The molecule has 170 valence electrons. The number of aromatic nitrogens is 2. The van der Waals surface area contributed by atoms with Crippen LogP contribution in [0.1, 0.15) is 40.9 Å². The average Bonchev–Trinajstić information content (AvgIpc) is 2.85. The van der Waals surface area contributed by atoms with Gasteiger partial charge in [-0.15, -0.1) is 0 Å².